The summed E-state index contributed by atoms with van der Waals surface area (Å²) in [4.78, 5) is 11.1. The Balaban J connectivity index is 3.38. The lowest BCUT2D eigenvalue weighted by molar-refractivity contribution is -0.119. The molecular weight excluding hydrogens is 138 g/mol. The van der Waals surface area contributed by atoms with Gasteiger partial charge >= 0.3 is 0 Å². The summed E-state index contributed by atoms with van der Waals surface area (Å²) >= 11 is 0. The monoisotopic (exact) mass is 157 g/mol. The van der Waals surface area contributed by atoms with E-state index in [1.807, 2.05) is 13.8 Å². The van der Waals surface area contributed by atoms with Crippen LogP contribution in [0.1, 0.15) is 34.1 Å². The third kappa shape index (κ3) is 7.53. The van der Waals surface area contributed by atoms with Gasteiger partial charge in [-0.1, -0.05) is 27.7 Å². The van der Waals surface area contributed by atoms with Gasteiger partial charge in [0.2, 0.25) is 0 Å². The number of ketones is 1. The lowest BCUT2D eigenvalue weighted by Crippen LogP contribution is -2.29. The first-order valence-electron chi connectivity index (χ1n) is 4.27. The van der Waals surface area contributed by atoms with Gasteiger partial charge in [0.1, 0.15) is 5.78 Å². The van der Waals surface area contributed by atoms with Crippen molar-refractivity contribution in [2.75, 3.05) is 6.54 Å². The lowest BCUT2D eigenvalue weighted by atomic mass is 10.1. The number of rotatable bonds is 5. The van der Waals surface area contributed by atoms with Gasteiger partial charge in [0, 0.05) is 12.5 Å². The number of hydrogen-bond acceptors (Lipinski definition) is 2. The van der Waals surface area contributed by atoms with Crippen molar-refractivity contribution < 1.29 is 4.79 Å². The Morgan fingerprint density at radius 2 is 1.82 bits per heavy atom. The van der Waals surface area contributed by atoms with Crippen LogP contribution in [0.4, 0.5) is 0 Å². The van der Waals surface area contributed by atoms with Crippen LogP contribution >= 0.6 is 0 Å². The van der Waals surface area contributed by atoms with Gasteiger partial charge in [-0.3, -0.25) is 4.79 Å². The van der Waals surface area contributed by atoms with E-state index in [2.05, 4.69) is 19.2 Å². The van der Waals surface area contributed by atoms with Crippen LogP contribution in [0.3, 0.4) is 0 Å². The maximum absolute atomic E-state index is 11.1. The van der Waals surface area contributed by atoms with Gasteiger partial charge in [-0.2, -0.15) is 0 Å². The van der Waals surface area contributed by atoms with Gasteiger partial charge < -0.3 is 5.32 Å². The van der Waals surface area contributed by atoms with Crippen LogP contribution in [0, 0.1) is 5.92 Å². The largest absolute Gasteiger partial charge is 0.308 e. The van der Waals surface area contributed by atoms with Crippen molar-refractivity contribution >= 4 is 5.78 Å². The highest BCUT2D eigenvalue weighted by atomic mass is 16.1. The van der Waals surface area contributed by atoms with E-state index in [9.17, 15) is 4.79 Å². The Labute approximate surface area is 69.4 Å². The summed E-state index contributed by atoms with van der Waals surface area (Å²) in [6, 6.07) is 0.408. The molecule has 66 valence electrons. The van der Waals surface area contributed by atoms with Crippen molar-refractivity contribution in [1.82, 2.24) is 5.32 Å². The Hall–Kier alpha value is -0.370. The average Bonchev–Trinajstić information content (AvgIpc) is 1.82. The molecule has 0 aromatic rings. The zero-order valence-electron chi connectivity index (χ0n) is 7.98. The van der Waals surface area contributed by atoms with Crippen molar-refractivity contribution in [2.45, 2.75) is 40.2 Å². The van der Waals surface area contributed by atoms with E-state index in [1.54, 1.807) is 0 Å². The first-order chi connectivity index (χ1) is 5.02. The fourth-order valence-corrected chi connectivity index (χ4v) is 0.845. The summed E-state index contributed by atoms with van der Waals surface area (Å²) in [6.45, 7) is 8.74. The molecule has 0 radical (unpaired) electrons. The Morgan fingerprint density at radius 3 is 2.18 bits per heavy atom. The summed E-state index contributed by atoms with van der Waals surface area (Å²) < 4.78 is 0. The van der Waals surface area contributed by atoms with E-state index in [0.717, 1.165) is 0 Å². The molecule has 0 saturated heterocycles. The molecule has 2 nitrogen and oxygen atoms in total. The molecule has 0 aliphatic carbocycles. The van der Waals surface area contributed by atoms with Gasteiger partial charge in [0.15, 0.2) is 0 Å². The normalized spacial score (nSPS) is 11.1. The maximum atomic E-state index is 11.1. The van der Waals surface area contributed by atoms with E-state index < -0.39 is 0 Å². The molecule has 0 fully saturated rings. The van der Waals surface area contributed by atoms with Crippen molar-refractivity contribution in [3.63, 3.8) is 0 Å². The topological polar surface area (TPSA) is 29.1 Å². The van der Waals surface area contributed by atoms with Gasteiger partial charge in [0.25, 0.3) is 0 Å². The Bertz CT molecular complexity index is 119. The smallest absolute Gasteiger partial charge is 0.146 e. The quantitative estimate of drug-likeness (QED) is 0.656. The zero-order chi connectivity index (χ0) is 8.85. The summed E-state index contributed by atoms with van der Waals surface area (Å²) in [6.07, 6.45) is 0.694. The Kier molecular flexibility index (Phi) is 5.12. The fraction of sp³-hybridized carbons (Fsp3) is 0.889. The van der Waals surface area contributed by atoms with Crippen LogP contribution in [0.15, 0.2) is 0 Å². The maximum Gasteiger partial charge on any atom is 0.146 e. The molecule has 0 unspecified atom stereocenters. The van der Waals surface area contributed by atoms with E-state index in [1.165, 1.54) is 0 Å². The van der Waals surface area contributed by atoms with Crippen molar-refractivity contribution in [1.29, 1.82) is 0 Å². The second kappa shape index (κ2) is 5.30. The fourth-order valence-electron chi connectivity index (χ4n) is 0.845. The molecule has 0 aliphatic heterocycles. The van der Waals surface area contributed by atoms with Gasteiger partial charge in [-0.05, 0) is 5.92 Å². The van der Waals surface area contributed by atoms with Gasteiger partial charge in [-0.25, -0.2) is 0 Å². The lowest BCUT2D eigenvalue weighted by Gasteiger charge is -2.07. The number of carbonyl (C=O) groups excluding carboxylic acids is 1. The van der Waals surface area contributed by atoms with E-state index in [4.69, 9.17) is 0 Å². The van der Waals surface area contributed by atoms with Crippen molar-refractivity contribution in [3.05, 3.63) is 0 Å². The highest BCUT2D eigenvalue weighted by Crippen LogP contribution is 1.98. The SMILES string of the molecule is CC(C)CC(=O)CNC(C)C. The van der Waals surface area contributed by atoms with Crippen molar-refractivity contribution in [2.24, 2.45) is 5.92 Å². The second-order valence-electron chi connectivity index (χ2n) is 3.67. The third-order valence-electron chi connectivity index (χ3n) is 1.34. The van der Waals surface area contributed by atoms with Gasteiger partial charge in [0.05, 0.1) is 6.54 Å². The number of carbonyl (C=O) groups is 1. The third-order valence-corrected chi connectivity index (χ3v) is 1.34. The molecule has 0 spiro atoms. The van der Waals surface area contributed by atoms with Crippen molar-refractivity contribution in [3.8, 4) is 0 Å². The Morgan fingerprint density at radius 1 is 1.27 bits per heavy atom. The molecule has 0 atom stereocenters. The number of hydrogen-bond donors (Lipinski definition) is 1. The first-order valence-corrected chi connectivity index (χ1v) is 4.27. The minimum absolute atomic E-state index is 0.314. The summed E-state index contributed by atoms with van der Waals surface area (Å²) in [5.74, 6) is 0.796. The highest BCUT2D eigenvalue weighted by molar-refractivity contribution is 5.80. The van der Waals surface area contributed by atoms with Crippen LogP contribution in [-0.4, -0.2) is 18.4 Å². The first kappa shape index (κ1) is 10.6. The molecule has 11 heavy (non-hydrogen) atoms. The van der Waals surface area contributed by atoms with Crippen LogP contribution < -0.4 is 5.32 Å². The molecule has 0 aromatic heterocycles. The van der Waals surface area contributed by atoms with E-state index >= 15 is 0 Å². The number of nitrogens with one attached hydrogen (secondary N) is 1. The van der Waals surface area contributed by atoms with Crippen LogP contribution in [0.2, 0.25) is 0 Å². The summed E-state index contributed by atoms with van der Waals surface area (Å²) in [5.41, 5.74) is 0. The molecule has 0 aromatic carbocycles. The highest BCUT2D eigenvalue weighted by Gasteiger charge is 2.04. The van der Waals surface area contributed by atoms with Crippen LogP contribution in [-0.2, 0) is 4.79 Å². The minimum atomic E-state index is 0.314. The molecule has 2 heteroatoms. The van der Waals surface area contributed by atoms with E-state index in [0.29, 0.717) is 30.7 Å². The standard InChI is InChI=1S/C9H19NO/c1-7(2)5-9(11)6-10-8(3)4/h7-8,10H,5-6H2,1-4H3. The van der Waals surface area contributed by atoms with E-state index in [-0.39, 0.29) is 0 Å². The second-order valence-corrected chi connectivity index (χ2v) is 3.67. The van der Waals surface area contributed by atoms with Crippen LogP contribution in [0.5, 0.6) is 0 Å². The molecule has 0 heterocycles. The molecule has 0 rings (SSSR count). The summed E-state index contributed by atoms with van der Waals surface area (Å²) in [5, 5.41) is 3.10. The minimum Gasteiger partial charge on any atom is -0.308 e. The molecule has 0 saturated carbocycles. The predicted octanol–water partition coefficient (Wildman–Crippen LogP) is 1.60. The average molecular weight is 157 g/mol. The molecule has 1 N–H and O–H groups in total. The predicted molar refractivity (Wildman–Crippen MR) is 47.6 cm³/mol. The van der Waals surface area contributed by atoms with Gasteiger partial charge in [-0.15, -0.1) is 0 Å². The number of Topliss-reactive ketones (excluding diaryl/α,β-unsaturated/α-hetero) is 1. The zero-order valence-corrected chi connectivity index (χ0v) is 7.98. The summed E-state index contributed by atoms with van der Waals surface area (Å²) in [7, 11) is 0. The molecule has 0 amide bonds. The molecular formula is C9H19NO. The molecule has 0 bridgehead atoms. The molecule has 0 aliphatic rings. The van der Waals surface area contributed by atoms with Crippen LogP contribution in [0.25, 0.3) is 0 Å².